The number of aromatic hydroxyl groups is 1. The SMILES string of the molecule is C=CC(=O)N1C[C@H](C)N(c2c(C#N)c(=O)n3c4c(c(-c5c(O)cccc5F)c(Cl)cc24)OC[C@@H]3CN(C)C)C[C@H]1C. The van der Waals surface area contributed by atoms with Gasteiger partial charge in [0, 0.05) is 37.1 Å². The average Bonchev–Trinajstić information content (AvgIpc) is 2.92. The fourth-order valence-corrected chi connectivity index (χ4v) is 6.34. The smallest absolute Gasteiger partial charge is 0.271 e. The number of hydrogen-bond donors (Lipinski definition) is 1. The van der Waals surface area contributed by atoms with Crippen LogP contribution in [0.4, 0.5) is 10.1 Å². The van der Waals surface area contributed by atoms with Crippen molar-refractivity contribution in [2.75, 3.05) is 45.2 Å². The third-order valence-corrected chi connectivity index (χ3v) is 8.12. The van der Waals surface area contributed by atoms with E-state index in [0.29, 0.717) is 36.2 Å². The maximum atomic E-state index is 15.2. The van der Waals surface area contributed by atoms with Crippen LogP contribution < -0.4 is 15.2 Å². The lowest BCUT2D eigenvalue weighted by molar-refractivity contribution is -0.128. The number of carbonyl (C=O) groups excluding carboxylic acids is 1. The van der Waals surface area contributed by atoms with E-state index in [1.165, 1.54) is 24.3 Å². The molecule has 0 unspecified atom stereocenters. The molecule has 0 bridgehead atoms. The molecule has 9 nitrogen and oxygen atoms in total. The second-order valence-corrected chi connectivity index (χ2v) is 11.3. The summed E-state index contributed by atoms with van der Waals surface area (Å²) in [6.45, 7) is 8.62. The predicted octanol–water partition coefficient (Wildman–Crippen LogP) is 4.14. The molecule has 214 valence electrons. The molecule has 1 saturated heterocycles. The zero-order valence-electron chi connectivity index (χ0n) is 23.3. The molecule has 2 aliphatic rings. The summed E-state index contributed by atoms with van der Waals surface area (Å²) in [5.41, 5.74) is 0.202. The third-order valence-electron chi connectivity index (χ3n) is 7.82. The van der Waals surface area contributed by atoms with Crippen LogP contribution in [0.2, 0.25) is 5.02 Å². The highest BCUT2D eigenvalue weighted by Crippen LogP contribution is 2.50. The standard InChI is InChI=1S/C30H31ClFN5O4/c1-6-24(39)35-12-17(3)36(13-16(35)2)27-19-10-21(31)25(26-22(32)8-7-9-23(26)38)29-28(19)37(30(40)20(27)11-33)18(15-41-29)14-34(4)5/h6-10,16-18,38H,1,12-15H2,2-5H3/t16-,17+,18+/m1/s1. The molecule has 2 aromatic carbocycles. The lowest BCUT2D eigenvalue weighted by Gasteiger charge is -2.46. The molecule has 41 heavy (non-hydrogen) atoms. The number of benzene rings is 2. The number of likely N-dealkylation sites (N-methyl/N-ethyl adjacent to an activating group) is 1. The van der Waals surface area contributed by atoms with Crippen molar-refractivity contribution in [3.05, 3.63) is 63.7 Å². The minimum absolute atomic E-state index is 0.0470. The number of carbonyl (C=O) groups is 1. The van der Waals surface area contributed by atoms with Crippen molar-refractivity contribution >= 4 is 34.1 Å². The van der Waals surface area contributed by atoms with Crippen molar-refractivity contribution in [1.29, 1.82) is 5.26 Å². The van der Waals surface area contributed by atoms with Gasteiger partial charge in [-0.25, -0.2) is 4.39 Å². The monoisotopic (exact) mass is 579 g/mol. The van der Waals surface area contributed by atoms with Crippen LogP contribution in [0.15, 0.2) is 41.7 Å². The molecule has 2 aliphatic heterocycles. The second kappa shape index (κ2) is 10.7. The number of pyridine rings is 1. The zero-order valence-corrected chi connectivity index (χ0v) is 24.1. The largest absolute Gasteiger partial charge is 0.507 e. The van der Waals surface area contributed by atoms with Crippen molar-refractivity contribution < 1.29 is 19.0 Å². The number of hydrogen-bond acceptors (Lipinski definition) is 7. The van der Waals surface area contributed by atoms with E-state index in [1.54, 1.807) is 15.5 Å². The summed E-state index contributed by atoms with van der Waals surface area (Å²) >= 11 is 6.84. The van der Waals surface area contributed by atoms with Crippen molar-refractivity contribution in [2.24, 2.45) is 0 Å². The van der Waals surface area contributed by atoms with Gasteiger partial charge in [0.15, 0.2) is 5.75 Å². The number of piperazine rings is 1. The number of aromatic nitrogens is 1. The summed E-state index contributed by atoms with van der Waals surface area (Å²) in [5.74, 6) is -1.06. The van der Waals surface area contributed by atoms with Crippen molar-refractivity contribution in [2.45, 2.75) is 32.0 Å². The van der Waals surface area contributed by atoms with Crippen LogP contribution in [0.5, 0.6) is 11.5 Å². The first-order valence-electron chi connectivity index (χ1n) is 13.3. The van der Waals surface area contributed by atoms with E-state index in [4.69, 9.17) is 16.3 Å². The number of rotatable bonds is 5. The number of nitriles is 1. The Morgan fingerprint density at radius 1 is 1.29 bits per heavy atom. The van der Waals surface area contributed by atoms with Gasteiger partial charge in [0.2, 0.25) is 5.91 Å². The van der Waals surface area contributed by atoms with Gasteiger partial charge in [0.1, 0.15) is 29.8 Å². The van der Waals surface area contributed by atoms with Crippen LogP contribution in [0, 0.1) is 17.1 Å². The molecule has 11 heteroatoms. The number of amides is 1. The summed E-state index contributed by atoms with van der Waals surface area (Å²) in [6.07, 6.45) is 1.27. The molecule has 0 spiro atoms. The molecule has 0 saturated carbocycles. The molecule has 1 N–H and O–H groups in total. The van der Waals surface area contributed by atoms with E-state index >= 15 is 4.39 Å². The summed E-state index contributed by atoms with van der Waals surface area (Å²) in [4.78, 5) is 32.2. The normalized spacial score (nSPS) is 20.2. The van der Waals surface area contributed by atoms with Crippen LogP contribution in [-0.2, 0) is 4.79 Å². The first-order valence-corrected chi connectivity index (χ1v) is 13.7. The van der Waals surface area contributed by atoms with Crippen LogP contribution in [0.25, 0.3) is 22.0 Å². The Hall–Kier alpha value is -4.07. The number of phenols is 1. The van der Waals surface area contributed by atoms with Crippen LogP contribution in [0.1, 0.15) is 25.5 Å². The second-order valence-electron chi connectivity index (χ2n) is 10.9. The van der Waals surface area contributed by atoms with Gasteiger partial charge in [0.05, 0.1) is 33.4 Å². The first kappa shape index (κ1) is 28.5. The van der Waals surface area contributed by atoms with Crippen molar-refractivity contribution in [3.63, 3.8) is 0 Å². The van der Waals surface area contributed by atoms with Crippen molar-refractivity contribution in [3.8, 4) is 28.7 Å². The lowest BCUT2D eigenvalue weighted by atomic mass is 9.95. The topological polar surface area (TPSA) is 102 Å². The molecule has 1 aromatic heterocycles. The molecule has 1 amide bonds. The summed E-state index contributed by atoms with van der Waals surface area (Å²) in [7, 11) is 3.74. The van der Waals surface area contributed by atoms with Crippen LogP contribution in [0.3, 0.4) is 0 Å². The molecule has 0 radical (unpaired) electrons. The molecule has 3 aromatic rings. The number of halogens is 2. The van der Waals surface area contributed by atoms with Crippen molar-refractivity contribution in [1.82, 2.24) is 14.4 Å². The van der Waals surface area contributed by atoms with Gasteiger partial charge >= 0.3 is 0 Å². The van der Waals surface area contributed by atoms with Gasteiger partial charge in [-0.1, -0.05) is 24.2 Å². The molecule has 3 heterocycles. The molecule has 0 aliphatic carbocycles. The molecular weight excluding hydrogens is 549 g/mol. The summed E-state index contributed by atoms with van der Waals surface area (Å²) in [6, 6.07) is 6.74. The van der Waals surface area contributed by atoms with E-state index in [1.807, 2.05) is 37.7 Å². The minimum Gasteiger partial charge on any atom is -0.507 e. The fourth-order valence-electron chi connectivity index (χ4n) is 6.05. The molecule has 5 rings (SSSR count). The minimum atomic E-state index is -0.699. The Kier molecular flexibility index (Phi) is 7.45. The Bertz CT molecular complexity index is 1660. The van der Waals surface area contributed by atoms with Gasteiger partial charge < -0.3 is 24.5 Å². The maximum absolute atomic E-state index is 15.2. The van der Waals surface area contributed by atoms with E-state index in [0.717, 1.165) is 0 Å². The zero-order chi connectivity index (χ0) is 29.7. The first-order chi connectivity index (χ1) is 19.5. The molecule has 1 fully saturated rings. The number of ether oxygens (including phenoxy) is 1. The van der Waals surface area contributed by atoms with Gasteiger partial charge in [-0.15, -0.1) is 0 Å². The third kappa shape index (κ3) is 4.59. The Morgan fingerprint density at radius 3 is 2.66 bits per heavy atom. The van der Waals surface area contributed by atoms with E-state index in [2.05, 4.69) is 12.6 Å². The highest BCUT2D eigenvalue weighted by molar-refractivity contribution is 6.35. The molecule has 3 atom stereocenters. The highest BCUT2D eigenvalue weighted by Gasteiger charge is 2.38. The fraction of sp³-hybridized carbons (Fsp3) is 0.367. The molecular formula is C30H31ClFN5O4. The summed E-state index contributed by atoms with van der Waals surface area (Å²) in [5, 5.41) is 21.6. The van der Waals surface area contributed by atoms with Gasteiger partial charge in [-0.3, -0.25) is 14.2 Å². The number of nitrogens with zero attached hydrogens (tertiary/aromatic N) is 5. The Balaban J connectivity index is 1.86. The van der Waals surface area contributed by atoms with E-state index in [-0.39, 0.29) is 57.8 Å². The average molecular weight is 580 g/mol. The predicted molar refractivity (Wildman–Crippen MR) is 156 cm³/mol. The van der Waals surface area contributed by atoms with Crippen LogP contribution in [-0.4, -0.2) is 77.8 Å². The maximum Gasteiger partial charge on any atom is 0.271 e. The van der Waals surface area contributed by atoms with Gasteiger partial charge in [-0.05, 0) is 52.2 Å². The number of anilines is 1. The van der Waals surface area contributed by atoms with Gasteiger partial charge in [-0.2, -0.15) is 5.26 Å². The Morgan fingerprint density at radius 2 is 2.02 bits per heavy atom. The van der Waals surface area contributed by atoms with Crippen LogP contribution >= 0.6 is 11.6 Å². The van der Waals surface area contributed by atoms with Gasteiger partial charge in [0.25, 0.3) is 5.56 Å². The Labute approximate surface area is 242 Å². The van der Waals surface area contributed by atoms with E-state index < -0.39 is 17.4 Å². The van der Waals surface area contributed by atoms with E-state index in [9.17, 15) is 20.0 Å². The lowest BCUT2D eigenvalue weighted by Crippen LogP contribution is -2.58. The highest BCUT2D eigenvalue weighted by atomic mass is 35.5. The number of phenolic OH excluding ortho intramolecular Hbond substituents is 1. The summed E-state index contributed by atoms with van der Waals surface area (Å²) < 4.78 is 22.9. The quantitative estimate of drug-likeness (QED) is 0.453.